The van der Waals surface area contributed by atoms with Gasteiger partial charge in [0.15, 0.2) is 15.6 Å². The van der Waals surface area contributed by atoms with E-state index in [1.807, 2.05) is 0 Å². The molecule has 0 N–H and O–H groups in total. The minimum atomic E-state index is -3.31. The molecule has 0 aromatic carbocycles. The van der Waals surface area contributed by atoms with Gasteiger partial charge in [0.25, 0.3) is 0 Å². The first-order valence-electron chi connectivity index (χ1n) is 6.28. The summed E-state index contributed by atoms with van der Waals surface area (Å²) >= 11 is 0. The molecule has 0 aliphatic carbocycles. The summed E-state index contributed by atoms with van der Waals surface area (Å²) in [5, 5.41) is -0.917. The van der Waals surface area contributed by atoms with E-state index in [1.165, 1.54) is 6.92 Å². The Balaban J connectivity index is 2.07. The predicted molar refractivity (Wildman–Crippen MR) is 66.2 cm³/mol. The van der Waals surface area contributed by atoms with Gasteiger partial charge in [-0.3, -0.25) is 4.79 Å². The van der Waals surface area contributed by atoms with Crippen molar-refractivity contribution in [1.82, 2.24) is 0 Å². The summed E-state index contributed by atoms with van der Waals surface area (Å²) in [6, 6.07) is 0. The molecule has 1 spiro atoms. The van der Waals surface area contributed by atoms with Crippen LogP contribution in [0.2, 0.25) is 0 Å². The van der Waals surface area contributed by atoms with Crippen LogP contribution in [0.3, 0.4) is 0 Å². The first kappa shape index (κ1) is 14.0. The Morgan fingerprint density at radius 3 is 2.67 bits per heavy atom. The molecule has 0 saturated carbocycles. The van der Waals surface area contributed by atoms with Crippen LogP contribution >= 0.6 is 0 Å². The van der Waals surface area contributed by atoms with E-state index in [9.17, 15) is 13.2 Å². The molecule has 2 aliphatic rings. The molecule has 3 unspecified atom stereocenters. The highest BCUT2D eigenvalue weighted by molar-refractivity contribution is 7.92. The van der Waals surface area contributed by atoms with Crippen molar-refractivity contribution >= 4 is 15.6 Å². The highest BCUT2D eigenvalue weighted by Crippen LogP contribution is 2.36. The SMILES string of the molecule is CC(C(=O)C1CCOC2(CCOC2)C1)S(C)(=O)=O. The van der Waals surface area contributed by atoms with Crippen LogP contribution in [0.5, 0.6) is 0 Å². The molecule has 2 heterocycles. The molecule has 3 atom stereocenters. The van der Waals surface area contributed by atoms with Crippen molar-refractivity contribution in [2.24, 2.45) is 5.92 Å². The van der Waals surface area contributed by atoms with Crippen LogP contribution in [-0.2, 0) is 24.1 Å². The number of ether oxygens (including phenoxy) is 2. The van der Waals surface area contributed by atoms with Crippen molar-refractivity contribution in [2.75, 3.05) is 26.1 Å². The van der Waals surface area contributed by atoms with Crippen LogP contribution in [0.25, 0.3) is 0 Å². The summed E-state index contributed by atoms with van der Waals surface area (Å²) in [5.74, 6) is -0.391. The average molecular weight is 276 g/mol. The number of hydrogen-bond acceptors (Lipinski definition) is 5. The van der Waals surface area contributed by atoms with E-state index < -0.39 is 15.1 Å². The van der Waals surface area contributed by atoms with Gasteiger partial charge in [-0.2, -0.15) is 0 Å². The monoisotopic (exact) mass is 276 g/mol. The topological polar surface area (TPSA) is 69.7 Å². The van der Waals surface area contributed by atoms with E-state index in [4.69, 9.17) is 9.47 Å². The second kappa shape index (κ2) is 4.90. The highest BCUT2D eigenvalue weighted by Gasteiger charge is 2.44. The summed E-state index contributed by atoms with van der Waals surface area (Å²) in [4.78, 5) is 12.2. The number of carbonyl (C=O) groups excluding carboxylic acids is 1. The molecule has 0 bridgehead atoms. The zero-order valence-corrected chi connectivity index (χ0v) is 11.7. The molecule has 104 valence electrons. The van der Waals surface area contributed by atoms with Gasteiger partial charge < -0.3 is 9.47 Å². The van der Waals surface area contributed by atoms with E-state index in [0.717, 1.165) is 12.7 Å². The van der Waals surface area contributed by atoms with E-state index in [0.29, 0.717) is 32.7 Å². The minimum absolute atomic E-state index is 0.174. The Hall–Kier alpha value is -0.460. The van der Waals surface area contributed by atoms with Crippen molar-refractivity contribution in [3.63, 3.8) is 0 Å². The van der Waals surface area contributed by atoms with Crippen LogP contribution in [0, 0.1) is 5.92 Å². The molecular weight excluding hydrogens is 256 g/mol. The van der Waals surface area contributed by atoms with Gasteiger partial charge in [-0.25, -0.2) is 8.42 Å². The third-order valence-corrected chi connectivity index (χ3v) is 5.52. The average Bonchev–Trinajstić information content (AvgIpc) is 2.74. The molecule has 2 aliphatic heterocycles. The van der Waals surface area contributed by atoms with Crippen molar-refractivity contribution in [1.29, 1.82) is 0 Å². The van der Waals surface area contributed by atoms with Gasteiger partial charge >= 0.3 is 0 Å². The zero-order chi connectivity index (χ0) is 13.4. The van der Waals surface area contributed by atoms with Gasteiger partial charge in [0.05, 0.1) is 12.2 Å². The molecule has 2 rings (SSSR count). The number of carbonyl (C=O) groups is 1. The van der Waals surface area contributed by atoms with Gasteiger partial charge in [0, 0.05) is 31.8 Å². The predicted octanol–water partition coefficient (Wildman–Crippen LogP) is 0.574. The van der Waals surface area contributed by atoms with Gasteiger partial charge in [-0.05, 0) is 19.8 Å². The zero-order valence-electron chi connectivity index (χ0n) is 10.8. The normalized spacial score (nSPS) is 34.7. The molecule has 0 aromatic heterocycles. The molecule has 0 radical (unpaired) electrons. The standard InChI is InChI=1S/C12H20O5S/c1-9(18(2,14)15)11(13)10-3-5-17-12(7-10)4-6-16-8-12/h9-10H,3-8H2,1-2H3. The fraction of sp³-hybridized carbons (Fsp3) is 0.917. The van der Waals surface area contributed by atoms with E-state index in [-0.39, 0.29) is 17.3 Å². The highest BCUT2D eigenvalue weighted by atomic mass is 32.2. The smallest absolute Gasteiger partial charge is 0.157 e. The fourth-order valence-corrected chi connectivity index (χ4v) is 3.29. The first-order chi connectivity index (χ1) is 8.34. The molecule has 2 fully saturated rings. The maximum atomic E-state index is 12.2. The second-order valence-electron chi connectivity index (χ2n) is 5.40. The lowest BCUT2D eigenvalue weighted by atomic mass is 9.82. The molecule has 6 heteroatoms. The summed E-state index contributed by atoms with van der Waals surface area (Å²) in [6.45, 7) is 3.16. The quantitative estimate of drug-likeness (QED) is 0.754. The molecular formula is C12H20O5S. The summed E-state index contributed by atoms with van der Waals surface area (Å²) < 4.78 is 34.0. The van der Waals surface area contributed by atoms with Crippen molar-refractivity contribution < 1.29 is 22.7 Å². The Morgan fingerprint density at radius 2 is 2.11 bits per heavy atom. The minimum Gasteiger partial charge on any atom is -0.378 e. The Kier molecular flexibility index (Phi) is 3.80. The number of ketones is 1. The molecule has 5 nitrogen and oxygen atoms in total. The molecule has 0 amide bonds. The van der Waals surface area contributed by atoms with Gasteiger partial charge in [0.1, 0.15) is 5.25 Å². The van der Waals surface area contributed by atoms with Crippen molar-refractivity contribution in [2.45, 2.75) is 37.0 Å². The lowest BCUT2D eigenvalue weighted by molar-refractivity contribution is -0.136. The number of hydrogen-bond donors (Lipinski definition) is 0. The van der Waals surface area contributed by atoms with Crippen molar-refractivity contribution in [3.05, 3.63) is 0 Å². The van der Waals surface area contributed by atoms with E-state index in [1.54, 1.807) is 0 Å². The Morgan fingerprint density at radius 1 is 1.39 bits per heavy atom. The van der Waals surface area contributed by atoms with E-state index in [2.05, 4.69) is 0 Å². The molecule has 2 saturated heterocycles. The van der Waals surface area contributed by atoms with Crippen molar-refractivity contribution in [3.8, 4) is 0 Å². The Bertz CT molecular complexity index is 422. The third-order valence-electron chi connectivity index (χ3n) is 4.01. The van der Waals surface area contributed by atoms with Crippen LogP contribution in [-0.4, -0.2) is 51.1 Å². The molecule has 0 aromatic rings. The fourth-order valence-electron chi connectivity index (χ4n) is 2.68. The van der Waals surface area contributed by atoms with E-state index >= 15 is 0 Å². The summed E-state index contributed by atoms with van der Waals surface area (Å²) in [6.07, 6.45) is 3.11. The second-order valence-corrected chi connectivity index (χ2v) is 7.76. The third kappa shape index (κ3) is 2.75. The van der Waals surface area contributed by atoms with Crippen LogP contribution in [0.1, 0.15) is 26.2 Å². The van der Waals surface area contributed by atoms with Crippen LogP contribution in [0.15, 0.2) is 0 Å². The van der Waals surface area contributed by atoms with Gasteiger partial charge in [-0.1, -0.05) is 0 Å². The lowest BCUT2D eigenvalue weighted by Gasteiger charge is -2.37. The maximum Gasteiger partial charge on any atom is 0.157 e. The lowest BCUT2D eigenvalue weighted by Crippen LogP contribution is -2.45. The maximum absolute atomic E-state index is 12.2. The number of sulfone groups is 1. The summed E-state index contributed by atoms with van der Waals surface area (Å²) in [5.41, 5.74) is -0.351. The van der Waals surface area contributed by atoms with Gasteiger partial charge in [0.2, 0.25) is 0 Å². The number of rotatable bonds is 3. The van der Waals surface area contributed by atoms with Crippen LogP contribution in [0.4, 0.5) is 0 Å². The van der Waals surface area contributed by atoms with Gasteiger partial charge in [-0.15, -0.1) is 0 Å². The molecule has 18 heavy (non-hydrogen) atoms. The summed E-state index contributed by atoms with van der Waals surface area (Å²) in [7, 11) is -3.31. The largest absolute Gasteiger partial charge is 0.378 e. The van der Waals surface area contributed by atoms with Crippen LogP contribution < -0.4 is 0 Å². The number of Topliss-reactive ketones (excluding diaryl/α,β-unsaturated/α-hetero) is 1. The Labute approximate surface area is 108 Å². The first-order valence-corrected chi connectivity index (χ1v) is 8.24.